The fourth-order valence-electron chi connectivity index (χ4n) is 1.03. The maximum absolute atomic E-state index is 11.6. The number of nitrogens with two attached hydrogens (primary N) is 2. The number of sulfonamides is 1. The minimum absolute atomic E-state index is 0.101. The predicted octanol–water partition coefficient (Wildman–Crippen LogP) is -0.664. The highest BCUT2D eigenvalue weighted by Gasteiger charge is 2.12. The van der Waals surface area contributed by atoms with E-state index in [2.05, 4.69) is 10.3 Å². The number of rotatable bonds is 4. The summed E-state index contributed by atoms with van der Waals surface area (Å²) in [5, 5.41) is 7.27. The highest BCUT2D eigenvalue weighted by atomic mass is 35.5. The summed E-state index contributed by atoms with van der Waals surface area (Å²) >= 11 is 5.74. The Bertz CT molecular complexity index is 532. The minimum atomic E-state index is -3.61. The minimum Gasteiger partial charge on any atom is -0.384 e. The van der Waals surface area contributed by atoms with Crippen LogP contribution in [-0.4, -0.2) is 31.6 Å². The van der Waals surface area contributed by atoms with Crippen LogP contribution in [0, 0.1) is 0 Å². The van der Waals surface area contributed by atoms with Crippen molar-refractivity contribution in [1.82, 2.24) is 10.3 Å². The topological polar surface area (TPSA) is 128 Å². The largest absolute Gasteiger partial charge is 0.384 e. The number of hydrogen-bond acceptors (Lipinski definition) is 5. The third-order valence-corrected chi connectivity index (χ3v) is 2.87. The van der Waals surface area contributed by atoms with E-state index in [0.29, 0.717) is 0 Å². The van der Waals surface area contributed by atoms with Crippen LogP contribution < -0.4 is 16.2 Å². The molecule has 1 heterocycles. The number of nitrogen functional groups attached to an aromatic ring is 1. The second-order valence-electron chi connectivity index (χ2n) is 3.21. The molecule has 5 N–H and O–H groups in total. The first-order valence-corrected chi connectivity index (χ1v) is 6.58. The van der Waals surface area contributed by atoms with Gasteiger partial charge in [-0.2, -0.15) is 0 Å². The van der Waals surface area contributed by atoms with Gasteiger partial charge in [-0.3, -0.25) is 4.79 Å². The van der Waals surface area contributed by atoms with Crippen molar-refractivity contribution < 1.29 is 13.2 Å². The number of carbonyl (C=O) groups excluding carboxylic acids is 1. The van der Waals surface area contributed by atoms with E-state index in [9.17, 15) is 13.2 Å². The van der Waals surface area contributed by atoms with Crippen LogP contribution >= 0.6 is 11.6 Å². The van der Waals surface area contributed by atoms with Crippen LogP contribution in [0.15, 0.2) is 12.3 Å². The van der Waals surface area contributed by atoms with Gasteiger partial charge in [-0.15, -0.1) is 0 Å². The molecule has 0 unspecified atom stereocenters. The number of hydrogen-bond donors (Lipinski definition) is 3. The van der Waals surface area contributed by atoms with E-state index in [-0.39, 0.29) is 28.7 Å². The number of nitrogens with one attached hydrogen (secondary N) is 1. The molecule has 0 aromatic carbocycles. The van der Waals surface area contributed by atoms with Crippen molar-refractivity contribution >= 4 is 33.3 Å². The van der Waals surface area contributed by atoms with E-state index in [1.807, 2.05) is 0 Å². The molecule has 0 saturated heterocycles. The van der Waals surface area contributed by atoms with Gasteiger partial charge in [0.1, 0.15) is 5.82 Å². The van der Waals surface area contributed by atoms with Crippen LogP contribution in [0.1, 0.15) is 10.4 Å². The first-order valence-electron chi connectivity index (χ1n) is 4.49. The lowest BCUT2D eigenvalue weighted by atomic mass is 10.2. The molecule has 1 aromatic rings. The molecule has 9 heteroatoms. The SMILES string of the molecule is Nc1cc(C(=O)NCCS(N)(=O)=O)c(Cl)cn1. The van der Waals surface area contributed by atoms with Crippen molar-refractivity contribution in [1.29, 1.82) is 0 Å². The molecule has 94 valence electrons. The van der Waals surface area contributed by atoms with Gasteiger partial charge < -0.3 is 11.1 Å². The van der Waals surface area contributed by atoms with Crippen molar-refractivity contribution in [2.24, 2.45) is 5.14 Å². The van der Waals surface area contributed by atoms with Crippen LogP contribution in [0.25, 0.3) is 0 Å². The molecule has 0 spiro atoms. The van der Waals surface area contributed by atoms with Gasteiger partial charge in [-0.25, -0.2) is 18.5 Å². The summed E-state index contributed by atoms with van der Waals surface area (Å²) in [6.07, 6.45) is 1.24. The molecule has 0 bridgehead atoms. The predicted molar refractivity (Wildman–Crippen MR) is 64.0 cm³/mol. The Labute approximate surface area is 103 Å². The van der Waals surface area contributed by atoms with Crippen molar-refractivity contribution in [2.45, 2.75) is 0 Å². The molecule has 1 aromatic heterocycles. The van der Waals surface area contributed by atoms with Gasteiger partial charge in [0.15, 0.2) is 0 Å². The van der Waals surface area contributed by atoms with E-state index in [0.717, 1.165) is 0 Å². The Morgan fingerprint density at radius 1 is 1.53 bits per heavy atom. The van der Waals surface area contributed by atoms with Crippen LogP contribution in [0.3, 0.4) is 0 Å². The van der Waals surface area contributed by atoms with Gasteiger partial charge >= 0.3 is 0 Å². The normalized spacial score (nSPS) is 11.2. The molecule has 0 radical (unpaired) electrons. The zero-order chi connectivity index (χ0) is 13.1. The highest BCUT2D eigenvalue weighted by molar-refractivity contribution is 7.89. The van der Waals surface area contributed by atoms with Gasteiger partial charge in [0.05, 0.1) is 16.3 Å². The molecular formula is C8H11ClN4O3S. The van der Waals surface area contributed by atoms with E-state index in [4.69, 9.17) is 22.5 Å². The number of nitrogens with zero attached hydrogens (tertiary/aromatic N) is 1. The summed E-state index contributed by atoms with van der Waals surface area (Å²) in [5.41, 5.74) is 5.53. The van der Waals surface area contributed by atoms with Gasteiger partial charge in [0, 0.05) is 12.7 Å². The fraction of sp³-hybridized carbons (Fsp3) is 0.250. The summed E-state index contributed by atoms with van der Waals surface area (Å²) in [6.45, 7) is -0.101. The first kappa shape index (κ1) is 13.7. The first-order chi connectivity index (χ1) is 7.79. The van der Waals surface area contributed by atoms with Crippen molar-refractivity contribution in [3.63, 3.8) is 0 Å². The van der Waals surface area contributed by atoms with E-state index in [1.165, 1.54) is 12.3 Å². The standard InChI is InChI=1S/C8H11ClN4O3S/c9-6-4-13-7(10)3-5(6)8(14)12-1-2-17(11,15)16/h3-4H,1-2H2,(H2,10,13)(H,12,14)(H2,11,15,16). The Hall–Kier alpha value is -1.38. The number of amides is 1. The number of aromatic nitrogens is 1. The van der Waals surface area contributed by atoms with Crippen LogP contribution in [0.2, 0.25) is 5.02 Å². The van der Waals surface area contributed by atoms with Gasteiger partial charge in [0.25, 0.3) is 5.91 Å². The number of halogens is 1. The highest BCUT2D eigenvalue weighted by Crippen LogP contribution is 2.16. The molecule has 0 aliphatic rings. The van der Waals surface area contributed by atoms with E-state index >= 15 is 0 Å². The third kappa shape index (κ3) is 4.55. The molecule has 0 aliphatic heterocycles. The summed E-state index contributed by atoms with van der Waals surface area (Å²) in [6, 6.07) is 1.30. The Balaban J connectivity index is 2.67. The lowest BCUT2D eigenvalue weighted by Gasteiger charge is -2.06. The molecule has 7 nitrogen and oxygen atoms in total. The number of anilines is 1. The monoisotopic (exact) mass is 278 g/mol. The zero-order valence-corrected chi connectivity index (χ0v) is 10.3. The Kier molecular flexibility index (Phi) is 4.27. The Morgan fingerprint density at radius 3 is 2.76 bits per heavy atom. The zero-order valence-electron chi connectivity index (χ0n) is 8.68. The molecule has 1 rings (SSSR count). The molecule has 0 atom stereocenters. The van der Waals surface area contributed by atoms with E-state index in [1.54, 1.807) is 0 Å². The number of carbonyl (C=O) groups is 1. The average molecular weight is 279 g/mol. The fourth-order valence-corrected chi connectivity index (χ4v) is 1.61. The van der Waals surface area contributed by atoms with Crippen molar-refractivity contribution in [3.8, 4) is 0 Å². The maximum atomic E-state index is 11.6. The quantitative estimate of drug-likeness (QED) is 0.673. The van der Waals surface area contributed by atoms with Gasteiger partial charge in [-0.1, -0.05) is 11.6 Å². The van der Waals surface area contributed by atoms with Crippen LogP contribution in [-0.2, 0) is 10.0 Å². The molecule has 0 fully saturated rings. The lowest BCUT2D eigenvalue weighted by Crippen LogP contribution is -2.31. The molecular weight excluding hydrogens is 268 g/mol. The van der Waals surface area contributed by atoms with Crippen molar-refractivity contribution in [3.05, 3.63) is 22.8 Å². The molecule has 0 aliphatic carbocycles. The smallest absolute Gasteiger partial charge is 0.253 e. The van der Waals surface area contributed by atoms with Gasteiger partial charge in [-0.05, 0) is 6.07 Å². The maximum Gasteiger partial charge on any atom is 0.253 e. The second kappa shape index (κ2) is 5.30. The molecule has 17 heavy (non-hydrogen) atoms. The van der Waals surface area contributed by atoms with Crippen LogP contribution in [0.5, 0.6) is 0 Å². The second-order valence-corrected chi connectivity index (χ2v) is 5.35. The van der Waals surface area contributed by atoms with Gasteiger partial charge in [0.2, 0.25) is 10.0 Å². The van der Waals surface area contributed by atoms with Crippen molar-refractivity contribution in [2.75, 3.05) is 18.0 Å². The lowest BCUT2D eigenvalue weighted by molar-refractivity contribution is 0.0956. The summed E-state index contributed by atoms with van der Waals surface area (Å²) in [5.74, 6) is -0.740. The molecule has 1 amide bonds. The number of pyridine rings is 1. The summed E-state index contributed by atoms with van der Waals surface area (Å²) in [7, 11) is -3.61. The Morgan fingerprint density at radius 2 is 2.18 bits per heavy atom. The molecule has 0 saturated carbocycles. The third-order valence-electron chi connectivity index (χ3n) is 1.79. The number of primary sulfonamides is 1. The van der Waals surface area contributed by atoms with Crippen LogP contribution in [0.4, 0.5) is 5.82 Å². The van der Waals surface area contributed by atoms with E-state index < -0.39 is 15.9 Å². The summed E-state index contributed by atoms with van der Waals surface area (Å²) < 4.78 is 21.3. The average Bonchev–Trinajstić information content (AvgIpc) is 2.19. The summed E-state index contributed by atoms with van der Waals surface area (Å²) in [4.78, 5) is 15.3.